The van der Waals surface area contributed by atoms with Crippen molar-refractivity contribution >= 4 is 11.2 Å². The first-order chi connectivity index (χ1) is 13.7. The van der Waals surface area contributed by atoms with E-state index in [1.807, 2.05) is 0 Å². The van der Waals surface area contributed by atoms with Crippen molar-refractivity contribution in [2.45, 2.75) is 48.8 Å². The highest BCUT2D eigenvalue weighted by atomic mass is 32.2. The fourth-order valence-corrected chi connectivity index (χ4v) is 4.31. The third-order valence-corrected chi connectivity index (χ3v) is 6.29. The summed E-state index contributed by atoms with van der Waals surface area (Å²) in [7, 11) is 0. The van der Waals surface area contributed by atoms with Gasteiger partial charge in [0.15, 0.2) is 21.4 Å². The van der Waals surface area contributed by atoms with Crippen LogP contribution in [0.2, 0.25) is 0 Å². The molecule has 10 heteroatoms. The molecule has 0 amide bonds. The Morgan fingerprint density at radius 3 is 1.37 bits per heavy atom. The van der Waals surface area contributed by atoms with Gasteiger partial charge >= 0.3 is 12.4 Å². The minimum Gasteiger partial charge on any atom is -0.606 e. The maximum absolute atomic E-state index is 14.5. The topological polar surface area (TPSA) is 23.1 Å². The monoisotopic (exact) mass is 458 g/mol. The first-order valence-electron chi connectivity index (χ1n) is 8.83. The lowest BCUT2D eigenvalue weighted by atomic mass is 10.0. The van der Waals surface area contributed by atoms with Crippen LogP contribution >= 0.6 is 0 Å². The summed E-state index contributed by atoms with van der Waals surface area (Å²) in [4.78, 5) is -1.33. The summed E-state index contributed by atoms with van der Waals surface area (Å²) in [6.07, 6.45) is -10.6. The third kappa shape index (κ3) is 5.66. The maximum atomic E-state index is 14.5. The molecule has 1 nitrogen and oxygen atoms in total. The Bertz CT molecular complexity index is 807. The molecule has 2 rings (SSSR count). The zero-order chi connectivity index (χ0) is 22.9. The van der Waals surface area contributed by atoms with Gasteiger partial charge in [-0.1, -0.05) is 38.1 Å². The fourth-order valence-electron chi connectivity index (χ4n) is 2.84. The number of halogens is 8. The molecule has 0 saturated heterocycles. The van der Waals surface area contributed by atoms with Gasteiger partial charge in [0.05, 0.1) is 11.8 Å². The van der Waals surface area contributed by atoms with Crippen LogP contribution in [-0.4, -0.2) is 16.9 Å². The van der Waals surface area contributed by atoms with E-state index in [4.69, 9.17) is 0 Å². The number of hydrogen-bond acceptors (Lipinski definition) is 1. The molecular weight excluding hydrogens is 440 g/mol. The van der Waals surface area contributed by atoms with E-state index in [9.17, 15) is 39.7 Å². The molecule has 2 aromatic carbocycles. The molecule has 0 spiro atoms. The number of rotatable bonds is 6. The Hall–Kier alpha value is -1.81. The van der Waals surface area contributed by atoms with Crippen molar-refractivity contribution < 1.29 is 39.7 Å². The van der Waals surface area contributed by atoms with Crippen molar-refractivity contribution in [1.29, 1.82) is 0 Å². The van der Waals surface area contributed by atoms with Gasteiger partial charge in [0.2, 0.25) is 0 Å². The number of benzene rings is 2. The highest BCUT2D eigenvalue weighted by Gasteiger charge is 2.40. The highest BCUT2D eigenvalue weighted by Crippen LogP contribution is 2.37. The lowest BCUT2D eigenvalue weighted by molar-refractivity contribution is -0.169. The van der Waals surface area contributed by atoms with Gasteiger partial charge < -0.3 is 4.55 Å². The van der Waals surface area contributed by atoms with Crippen molar-refractivity contribution in [3.63, 3.8) is 0 Å². The molecule has 0 aliphatic carbocycles. The fraction of sp³-hybridized carbons (Fsp3) is 0.400. The van der Waals surface area contributed by atoms with Gasteiger partial charge in [-0.2, -0.15) is 26.3 Å². The maximum Gasteiger partial charge on any atom is 0.391 e. The van der Waals surface area contributed by atoms with E-state index in [1.165, 1.54) is 0 Å². The minimum absolute atomic E-state index is 0.253. The van der Waals surface area contributed by atoms with Crippen LogP contribution in [0, 0.1) is 23.5 Å². The van der Waals surface area contributed by atoms with Gasteiger partial charge in [-0.3, -0.25) is 0 Å². The van der Waals surface area contributed by atoms with Gasteiger partial charge in [-0.15, -0.1) is 0 Å². The third-order valence-electron chi connectivity index (χ3n) is 4.64. The lowest BCUT2D eigenvalue weighted by Gasteiger charge is -2.21. The van der Waals surface area contributed by atoms with E-state index in [0.717, 1.165) is 50.2 Å². The Morgan fingerprint density at radius 1 is 0.733 bits per heavy atom. The summed E-state index contributed by atoms with van der Waals surface area (Å²) in [6, 6.07) is 6.24. The van der Waals surface area contributed by atoms with Crippen molar-refractivity contribution in [2.75, 3.05) is 0 Å². The molecule has 0 heterocycles. The zero-order valence-corrected chi connectivity index (χ0v) is 16.7. The second kappa shape index (κ2) is 9.13. The lowest BCUT2D eigenvalue weighted by Crippen LogP contribution is -2.24. The average Bonchev–Trinajstić information content (AvgIpc) is 2.60. The van der Waals surface area contributed by atoms with Gasteiger partial charge in [0.1, 0.15) is 0 Å². The SMILES string of the molecule is CC(Cc1cccc(F)c1[S+]([O-])c1c(F)cccc1CC(C)C(F)(F)F)C(F)(F)F. The molecule has 0 saturated carbocycles. The summed E-state index contributed by atoms with van der Waals surface area (Å²) < 4.78 is 120. The number of hydrogen-bond donors (Lipinski definition) is 0. The van der Waals surface area contributed by atoms with Crippen LogP contribution in [0.25, 0.3) is 0 Å². The van der Waals surface area contributed by atoms with Gasteiger partial charge in [0.25, 0.3) is 0 Å². The molecule has 0 bridgehead atoms. The van der Waals surface area contributed by atoms with E-state index in [2.05, 4.69) is 0 Å². The van der Waals surface area contributed by atoms with Crippen LogP contribution in [0.5, 0.6) is 0 Å². The van der Waals surface area contributed by atoms with Crippen LogP contribution in [0.1, 0.15) is 25.0 Å². The van der Waals surface area contributed by atoms with E-state index < -0.39 is 69.6 Å². The average molecular weight is 458 g/mol. The normalized spacial score (nSPS) is 15.7. The minimum atomic E-state index is -4.60. The van der Waals surface area contributed by atoms with Gasteiger partial charge in [0, 0.05) is 22.3 Å². The van der Waals surface area contributed by atoms with Crippen LogP contribution in [-0.2, 0) is 24.0 Å². The molecule has 0 fully saturated rings. The van der Waals surface area contributed by atoms with Crippen molar-refractivity contribution in [3.8, 4) is 0 Å². The summed E-state index contributed by atoms with van der Waals surface area (Å²) in [5.74, 6) is -6.06. The molecule has 0 N–H and O–H groups in total. The second-order valence-electron chi connectivity index (χ2n) is 7.02. The van der Waals surface area contributed by atoms with Crippen molar-refractivity contribution in [1.82, 2.24) is 0 Å². The Labute approximate surface area is 171 Å². The molecule has 0 aromatic heterocycles. The Kier molecular flexibility index (Phi) is 7.45. The molecule has 0 radical (unpaired) electrons. The number of alkyl halides is 6. The predicted molar refractivity (Wildman–Crippen MR) is 95.3 cm³/mol. The van der Waals surface area contributed by atoms with E-state index in [-0.39, 0.29) is 11.1 Å². The summed E-state index contributed by atoms with van der Waals surface area (Å²) in [6.45, 7) is 1.72. The van der Waals surface area contributed by atoms with Crippen LogP contribution in [0.3, 0.4) is 0 Å². The largest absolute Gasteiger partial charge is 0.606 e. The molecular formula is C20H18F8OS. The van der Waals surface area contributed by atoms with Gasteiger partial charge in [-0.25, -0.2) is 8.78 Å². The molecule has 2 unspecified atom stereocenters. The summed E-state index contributed by atoms with van der Waals surface area (Å²) in [5.41, 5.74) is -0.507. The van der Waals surface area contributed by atoms with Crippen molar-refractivity contribution in [2.24, 2.45) is 11.8 Å². The smallest absolute Gasteiger partial charge is 0.391 e. The van der Waals surface area contributed by atoms with Crippen molar-refractivity contribution in [3.05, 3.63) is 59.2 Å². The Balaban J connectivity index is 2.53. The molecule has 166 valence electrons. The molecule has 0 aliphatic rings. The van der Waals surface area contributed by atoms with Crippen LogP contribution < -0.4 is 0 Å². The van der Waals surface area contributed by atoms with Crippen LogP contribution in [0.15, 0.2) is 46.2 Å². The molecule has 0 aliphatic heterocycles. The predicted octanol–water partition coefficient (Wildman–Crippen LogP) is 6.61. The molecule has 30 heavy (non-hydrogen) atoms. The Morgan fingerprint density at radius 2 is 1.07 bits per heavy atom. The first-order valence-corrected chi connectivity index (χ1v) is 9.98. The molecule has 2 aromatic rings. The standard InChI is InChI=1S/C20H18F8OS/c1-11(19(23,24)25)9-13-5-3-7-15(21)17(13)30(29)18-14(6-4-8-16(18)22)10-12(2)20(26,27)28/h3-8,11-12H,9-10H2,1-2H3. The van der Waals surface area contributed by atoms with E-state index in [0.29, 0.717) is 0 Å². The molecule has 2 atom stereocenters. The zero-order valence-electron chi connectivity index (χ0n) is 15.9. The van der Waals surface area contributed by atoms with E-state index >= 15 is 0 Å². The summed E-state index contributed by atoms with van der Waals surface area (Å²) in [5, 5.41) is 0. The highest BCUT2D eigenvalue weighted by molar-refractivity contribution is 7.91. The second-order valence-corrected chi connectivity index (χ2v) is 8.37. The van der Waals surface area contributed by atoms with Gasteiger partial charge in [-0.05, 0) is 25.0 Å². The van der Waals surface area contributed by atoms with Crippen LogP contribution in [0.4, 0.5) is 35.1 Å². The van der Waals surface area contributed by atoms with E-state index in [1.54, 1.807) is 0 Å². The quantitative estimate of drug-likeness (QED) is 0.353. The summed E-state index contributed by atoms with van der Waals surface area (Å²) >= 11 is -2.66. The first kappa shape index (κ1) is 24.5.